The Balaban J connectivity index is 2.16. The van der Waals surface area contributed by atoms with E-state index in [2.05, 4.69) is 32.9 Å². The standard InChI is InChI=1S/C13H24Ge/c1-4-14(5-2,6-3)13-10-11-7-8-12(13)9-11/h7-8,11-13H,4-6,9-10H2,1-3H3/t11?,12?,13-/m0/s1. The monoisotopic (exact) mass is 254 g/mol. The van der Waals surface area contributed by atoms with E-state index < -0.39 is 13.3 Å². The summed E-state index contributed by atoms with van der Waals surface area (Å²) in [5, 5.41) is 4.69. The minimum absolute atomic E-state index is 0.986. The number of hydrogen-bond acceptors (Lipinski definition) is 0. The summed E-state index contributed by atoms with van der Waals surface area (Å²) in [6.45, 7) is 7.42. The Morgan fingerprint density at radius 1 is 1.00 bits per heavy atom. The summed E-state index contributed by atoms with van der Waals surface area (Å²) in [5.41, 5.74) is 0. The van der Waals surface area contributed by atoms with Crippen LogP contribution in [0.4, 0.5) is 0 Å². The fourth-order valence-electron chi connectivity index (χ4n) is 4.02. The second kappa shape index (κ2) is 4.04. The molecule has 0 saturated heterocycles. The van der Waals surface area contributed by atoms with Gasteiger partial charge in [0.15, 0.2) is 0 Å². The van der Waals surface area contributed by atoms with Gasteiger partial charge in [-0.2, -0.15) is 0 Å². The molecule has 1 heteroatoms. The molecule has 0 nitrogen and oxygen atoms in total. The molecule has 0 aromatic carbocycles. The van der Waals surface area contributed by atoms with Gasteiger partial charge >= 0.3 is 91.4 Å². The van der Waals surface area contributed by atoms with Gasteiger partial charge in [-0.3, -0.25) is 0 Å². The Hall–Kier alpha value is 0.283. The van der Waals surface area contributed by atoms with E-state index >= 15 is 0 Å². The van der Waals surface area contributed by atoms with Crippen molar-refractivity contribution in [2.24, 2.45) is 11.8 Å². The van der Waals surface area contributed by atoms with Gasteiger partial charge in [0.05, 0.1) is 0 Å². The summed E-state index contributed by atoms with van der Waals surface area (Å²) < 4.78 is 1.19. The summed E-state index contributed by atoms with van der Waals surface area (Å²) in [5.74, 6) is 2.00. The van der Waals surface area contributed by atoms with Crippen molar-refractivity contribution in [1.29, 1.82) is 0 Å². The Morgan fingerprint density at radius 2 is 1.64 bits per heavy atom. The van der Waals surface area contributed by atoms with Gasteiger partial charge in [0, 0.05) is 0 Å². The van der Waals surface area contributed by atoms with Gasteiger partial charge in [0.1, 0.15) is 0 Å². The van der Waals surface area contributed by atoms with Crippen LogP contribution in [0.1, 0.15) is 33.6 Å². The molecule has 0 aromatic rings. The van der Waals surface area contributed by atoms with Crippen molar-refractivity contribution in [1.82, 2.24) is 0 Å². The third-order valence-corrected chi connectivity index (χ3v) is 18.7. The molecule has 2 rings (SSSR count). The second-order valence-corrected chi connectivity index (χ2v) is 17.0. The Bertz CT molecular complexity index is 219. The maximum absolute atomic E-state index is 2.56. The van der Waals surface area contributed by atoms with Crippen LogP contribution < -0.4 is 0 Å². The van der Waals surface area contributed by atoms with Crippen LogP contribution in [0, 0.1) is 11.8 Å². The number of allylic oxidation sites excluding steroid dienone is 2. The van der Waals surface area contributed by atoms with Crippen LogP contribution in [0.5, 0.6) is 0 Å². The van der Waals surface area contributed by atoms with Gasteiger partial charge in [-0.15, -0.1) is 0 Å². The van der Waals surface area contributed by atoms with E-state index in [1.165, 1.54) is 11.2 Å². The first-order valence-electron chi connectivity index (χ1n) is 6.44. The second-order valence-electron chi connectivity index (χ2n) is 5.31. The molecule has 2 aliphatic carbocycles. The predicted octanol–water partition coefficient (Wildman–Crippen LogP) is 4.46. The minimum atomic E-state index is -1.43. The quantitative estimate of drug-likeness (QED) is 0.512. The van der Waals surface area contributed by atoms with Crippen LogP contribution >= 0.6 is 0 Å². The van der Waals surface area contributed by atoms with Gasteiger partial charge in [0.2, 0.25) is 0 Å². The van der Waals surface area contributed by atoms with Crippen LogP contribution in [0.25, 0.3) is 0 Å². The van der Waals surface area contributed by atoms with Crippen molar-refractivity contribution in [3.63, 3.8) is 0 Å². The van der Waals surface area contributed by atoms with E-state index in [9.17, 15) is 0 Å². The van der Waals surface area contributed by atoms with Crippen LogP contribution in [0.2, 0.25) is 20.5 Å². The Kier molecular flexibility index (Phi) is 3.11. The van der Waals surface area contributed by atoms with Gasteiger partial charge in [-0.1, -0.05) is 0 Å². The zero-order valence-electron chi connectivity index (χ0n) is 9.92. The molecule has 1 fully saturated rings. The normalized spacial score (nSPS) is 35.5. The predicted molar refractivity (Wildman–Crippen MR) is 66.3 cm³/mol. The van der Waals surface area contributed by atoms with E-state index in [1.54, 1.807) is 22.2 Å². The van der Waals surface area contributed by atoms with Gasteiger partial charge in [-0.05, 0) is 0 Å². The van der Waals surface area contributed by atoms with Gasteiger partial charge < -0.3 is 0 Å². The SMILES string of the molecule is C[CH2][Ge]([CH2]C)([CH2]C)[C@H]1CC2C=CC1C2. The average Bonchev–Trinajstić information content (AvgIpc) is 2.83. The third-order valence-electron chi connectivity index (χ3n) is 5.18. The topological polar surface area (TPSA) is 0 Å². The van der Waals surface area contributed by atoms with Crippen LogP contribution in [-0.4, -0.2) is 13.3 Å². The summed E-state index contributed by atoms with van der Waals surface area (Å²) in [7, 11) is 0. The van der Waals surface area contributed by atoms with Crippen molar-refractivity contribution in [3.05, 3.63) is 12.2 Å². The van der Waals surface area contributed by atoms with Crippen molar-refractivity contribution >= 4 is 13.3 Å². The summed E-state index contributed by atoms with van der Waals surface area (Å²) in [6, 6.07) is 0. The first kappa shape index (κ1) is 10.8. The van der Waals surface area contributed by atoms with E-state index in [0.717, 1.165) is 11.8 Å². The molecule has 14 heavy (non-hydrogen) atoms. The van der Waals surface area contributed by atoms with E-state index in [0.29, 0.717) is 0 Å². The maximum atomic E-state index is 2.56. The molecular weight excluding hydrogens is 229 g/mol. The molecule has 0 heterocycles. The number of fused-ring (bicyclic) bond motifs is 2. The average molecular weight is 253 g/mol. The molecule has 2 aliphatic rings. The first-order valence-corrected chi connectivity index (χ1v) is 12.1. The number of hydrogen-bond donors (Lipinski definition) is 0. The van der Waals surface area contributed by atoms with Gasteiger partial charge in [-0.25, -0.2) is 0 Å². The molecule has 3 atom stereocenters. The van der Waals surface area contributed by atoms with E-state index in [-0.39, 0.29) is 0 Å². The van der Waals surface area contributed by atoms with E-state index in [1.807, 2.05) is 0 Å². The fraction of sp³-hybridized carbons (Fsp3) is 0.846. The van der Waals surface area contributed by atoms with E-state index in [4.69, 9.17) is 0 Å². The molecule has 1 saturated carbocycles. The number of rotatable bonds is 4. The molecule has 0 aromatic heterocycles. The van der Waals surface area contributed by atoms with Crippen molar-refractivity contribution in [3.8, 4) is 0 Å². The zero-order valence-corrected chi connectivity index (χ0v) is 12.0. The molecule has 2 unspecified atom stereocenters. The fourth-order valence-corrected chi connectivity index (χ4v) is 14.6. The summed E-state index contributed by atoms with van der Waals surface area (Å²) in [6.07, 6.45) is 8.13. The zero-order chi connectivity index (χ0) is 10.2. The first-order chi connectivity index (χ1) is 6.75. The Labute approximate surface area is 91.5 Å². The Morgan fingerprint density at radius 3 is 2.00 bits per heavy atom. The van der Waals surface area contributed by atoms with Crippen molar-refractivity contribution in [2.75, 3.05) is 0 Å². The molecule has 0 spiro atoms. The molecule has 2 bridgehead atoms. The summed E-state index contributed by atoms with van der Waals surface area (Å²) >= 11 is -1.43. The molecular formula is C13H24Ge. The van der Waals surface area contributed by atoms with Crippen LogP contribution in [0.15, 0.2) is 12.2 Å². The third kappa shape index (κ3) is 1.50. The molecule has 0 radical (unpaired) electrons. The molecule has 80 valence electrons. The van der Waals surface area contributed by atoms with Crippen LogP contribution in [0.3, 0.4) is 0 Å². The molecule has 0 amide bonds. The van der Waals surface area contributed by atoms with Crippen molar-refractivity contribution in [2.45, 2.75) is 54.1 Å². The molecule has 0 N–H and O–H groups in total. The van der Waals surface area contributed by atoms with Crippen molar-refractivity contribution < 1.29 is 0 Å². The molecule has 0 aliphatic heterocycles. The summed E-state index contributed by atoms with van der Waals surface area (Å²) in [4.78, 5) is 0. The van der Waals surface area contributed by atoms with Gasteiger partial charge in [0.25, 0.3) is 0 Å². The van der Waals surface area contributed by atoms with Crippen LogP contribution in [-0.2, 0) is 0 Å².